The summed E-state index contributed by atoms with van der Waals surface area (Å²) in [5.41, 5.74) is 5.32. The summed E-state index contributed by atoms with van der Waals surface area (Å²) >= 11 is 4.43. The molecule has 13 heavy (non-hydrogen) atoms. The third-order valence-electron chi connectivity index (χ3n) is 1.69. The molecule has 2 N–H and O–H groups in total. The van der Waals surface area contributed by atoms with E-state index in [1.165, 1.54) is 11.3 Å². The number of sulfone groups is 1. The number of halogens is 1. The van der Waals surface area contributed by atoms with Gasteiger partial charge in [0.15, 0.2) is 9.84 Å². The van der Waals surface area contributed by atoms with E-state index in [1.54, 1.807) is 19.1 Å². The Balaban J connectivity index is 3.08. The van der Waals surface area contributed by atoms with Crippen molar-refractivity contribution in [3.63, 3.8) is 0 Å². The largest absolute Gasteiger partial charge is 0.329 e. The van der Waals surface area contributed by atoms with Crippen LogP contribution in [0.5, 0.6) is 0 Å². The molecule has 0 aromatic carbocycles. The maximum absolute atomic E-state index is 11.7. The number of nitrogens with two attached hydrogens (primary N) is 1. The zero-order valence-corrected chi connectivity index (χ0v) is 10.2. The van der Waals surface area contributed by atoms with E-state index in [1.807, 2.05) is 0 Å². The highest BCUT2D eigenvalue weighted by atomic mass is 79.9. The predicted octanol–water partition coefficient (Wildman–Crippen LogP) is 1.63. The average Bonchev–Trinajstić information content (AvgIpc) is 2.50. The van der Waals surface area contributed by atoms with Gasteiger partial charge in [-0.1, -0.05) is 0 Å². The van der Waals surface area contributed by atoms with Gasteiger partial charge in [0.05, 0.1) is 9.04 Å². The van der Waals surface area contributed by atoms with E-state index in [4.69, 9.17) is 5.73 Å². The van der Waals surface area contributed by atoms with Crippen molar-refractivity contribution in [2.75, 3.05) is 6.54 Å². The zero-order chi connectivity index (χ0) is 10.1. The highest BCUT2D eigenvalue weighted by molar-refractivity contribution is 9.11. The molecule has 1 rings (SSSR count). The van der Waals surface area contributed by atoms with Crippen molar-refractivity contribution < 1.29 is 8.42 Å². The zero-order valence-electron chi connectivity index (χ0n) is 7.03. The monoisotopic (exact) mass is 283 g/mol. The van der Waals surface area contributed by atoms with Gasteiger partial charge in [0.2, 0.25) is 0 Å². The summed E-state index contributed by atoms with van der Waals surface area (Å²) < 4.78 is 24.6. The van der Waals surface area contributed by atoms with E-state index >= 15 is 0 Å². The van der Waals surface area contributed by atoms with Crippen LogP contribution in [-0.4, -0.2) is 20.2 Å². The summed E-state index contributed by atoms with van der Waals surface area (Å²) in [6.07, 6.45) is 0. The van der Waals surface area contributed by atoms with Gasteiger partial charge in [0.1, 0.15) is 4.21 Å². The van der Waals surface area contributed by atoms with Crippen molar-refractivity contribution in [2.24, 2.45) is 5.73 Å². The lowest BCUT2D eigenvalue weighted by Crippen LogP contribution is -2.25. The number of hydrogen-bond acceptors (Lipinski definition) is 4. The molecule has 0 bridgehead atoms. The molecular weight excluding hydrogens is 274 g/mol. The predicted molar refractivity (Wildman–Crippen MR) is 57.7 cm³/mol. The van der Waals surface area contributed by atoms with Gasteiger partial charge in [0.25, 0.3) is 0 Å². The van der Waals surface area contributed by atoms with E-state index in [0.717, 1.165) is 3.79 Å². The third kappa shape index (κ3) is 2.31. The molecule has 1 atom stereocenters. The van der Waals surface area contributed by atoms with Crippen molar-refractivity contribution >= 4 is 37.1 Å². The number of rotatable bonds is 3. The molecule has 1 unspecified atom stereocenters. The second-order valence-corrected chi connectivity index (χ2v) is 7.71. The fourth-order valence-electron chi connectivity index (χ4n) is 0.776. The van der Waals surface area contributed by atoms with Gasteiger partial charge < -0.3 is 5.73 Å². The van der Waals surface area contributed by atoms with Gasteiger partial charge in [-0.15, -0.1) is 11.3 Å². The molecule has 0 saturated carbocycles. The van der Waals surface area contributed by atoms with Gasteiger partial charge in [0, 0.05) is 6.54 Å². The molecule has 3 nitrogen and oxygen atoms in total. The second kappa shape index (κ2) is 4.08. The van der Waals surface area contributed by atoms with Crippen LogP contribution in [0.15, 0.2) is 20.1 Å². The second-order valence-electron chi connectivity index (χ2n) is 2.65. The molecular formula is C7H10BrNO2S2. The Morgan fingerprint density at radius 1 is 1.62 bits per heavy atom. The van der Waals surface area contributed by atoms with Crippen molar-refractivity contribution in [2.45, 2.75) is 16.4 Å². The molecule has 1 aromatic rings. The average molecular weight is 284 g/mol. The van der Waals surface area contributed by atoms with Crippen LogP contribution in [-0.2, 0) is 9.84 Å². The van der Waals surface area contributed by atoms with E-state index in [0.29, 0.717) is 4.21 Å². The lowest BCUT2D eigenvalue weighted by atomic mass is 10.5. The smallest absolute Gasteiger partial charge is 0.191 e. The first kappa shape index (κ1) is 11.2. The molecule has 0 aliphatic rings. The van der Waals surface area contributed by atoms with Crippen LogP contribution in [0.3, 0.4) is 0 Å². The van der Waals surface area contributed by atoms with Crippen molar-refractivity contribution in [1.82, 2.24) is 0 Å². The molecule has 0 spiro atoms. The summed E-state index contributed by atoms with van der Waals surface area (Å²) in [6.45, 7) is 1.76. The lowest BCUT2D eigenvalue weighted by molar-refractivity contribution is 0.586. The van der Waals surface area contributed by atoms with Crippen LogP contribution in [0.2, 0.25) is 0 Å². The Morgan fingerprint density at radius 3 is 2.62 bits per heavy atom. The fraction of sp³-hybridized carbons (Fsp3) is 0.429. The van der Waals surface area contributed by atoms with Crippen LogP contribution in [0.25, 0.3) is 0 Å². The first-order valence-electron chi connectivity index (χ1n) is 3.67. The SMILES string of the molecule is CC(CN)S(=O)(=O)c1ccc(Br)s1. The van der Waals surface area contributed by atoms with Crippen molar-refractivity contribution in [3.05, 3.63) is 15.9 Å². The standard InChI is InChI=1S/C7H10BrNO2S2/c1-5(4-9)13(10,11)7-3-2-6(8)12-7/h2-3,5H,4,9H2,1H3. The van der Waals surface area contributed by atoms with E-state index in [2.05, 4.69) is 15.9 Å². The van der Waals surface area contributed by atoms with Crippen LogP contribution in [0.4, 0.5) is 0 Å². The molecule has 1 aromatic heterocycles. The van der Waals surface area contributed by atoms with Gasteiger partial charge >= 0.3 is 0 Å². The Kier molecular flexibility index (Phi) is 3.50. The molecule has 0 saturated heterocycles. The number of hydrogen-bond donors (Lipinski definition) is 1. The van der Waals surface area contributed by atoms with Gasteiger partial charge in [-0.2, -0.15) is 0 Å². The third-order valence-corrected chi connectivity index (χ3v) is 6.00. The summed E-state index contributed by atoms with van der Waals surface area (Å²) in [5, 5.41) is -0.516. The minimum atomic E-state index is -3.20. The Morgan fingerprint density at radius 2 is 2.23 bits per heavy atom. The Bertz CT molecular complexity index is 385. The fourth-order valence-corrected chi connectivity index (χ4v) is 4.35. The van der Waals surface area contributed by atoms with Crippen LogP contribution < -0.4 is 5.73 Å². The van der Waals surface area contributed by atoms with Crippen molar-refractivity contribution in [3.8, 4) is 0 Å². The molecule has 6 heteroatoms. The molecule has 1 heterocycles. The van der Waals surface area contributed by atoms with Crippen LogP contribution in [0.1, 0.15) is 6.92 Å². The quantitative estimate of drug-likeness (QED) is 0.917. The molecule has 0 aliphatic heterocycles. The Labute approximate surface area is 90.0 Å². The number of thiophene rings is 1. The lowest BCUT2D eigenvalue weighted by Gasteiger charge is -2.07. The topological polar surface area (TPSA) is 60.2 Å². The highest BCUT2D eigenvalue weighted by Gasteiger charge is 2.23. The van der Waals surface area contributed by atoms with Crippen molar-refractivity contribution in [1.29, 1.82) is 0 Å². The van der Waals surface area contributed by atoms with Crippen LogP contribution >= 0.6 is 27.3 Å². The highest BCUT2D eigenvalue weighted by Crippen LogP contribution is 2.28. The van der Waals surface area contributed by atoms with E-state index in [-0.39, 0.29) is 6.54 Å². The summed E-state index contributed by atoms with van der Waals surface area (Å²) in [5.74, 6) is 0. The minimum Gasteiger partial charge on any atom is -0.329 e. The first-order chi connectivity index (χ1) is 5.98. The van der Waals surface area contributed by atoms with Gasteiger partial charge in [-0.3, -0.25) is 0 Å². The molecule has 0 radical (unpaired) electrons. The van der Waals surface area contributed by atoms with Gasteiger partial charge in [-0.25, -0.2) is 8.42 Å². The molecule has 74 valence electrons. The molecule has 0 aliphatic carbocycles. The summed E-state index contributed by atoms with van der Waals surface area (Å²) in [4.78, 5) is 0. The molecule has 0 fully saturated rings. The Hall–Kier alpha value is 0.0900. The first-order valence-corrected chi connectivity index (χ1v) is 6.83. The summed E-state index contributed by atoms with van der Waals surface area (Å²) in [7, 11) is -3.20. The van der Waals surface area contributed by atoms with E-state index < -0.39 is 15.1 Å². The molecule has 0 amide bonds. The minimum absolute atomic E-state index is 0.151. The maximum Gasteiger partial charge on any atom is 0.191 e. The summed E-state index contributed by atoms with van der Waals surface area (Å²) in [6, 6.07) is 3.32. The normalized spacial score (nSPS) is 14.4. The van der Waals surface area contributed by atoms with E-state index in [9.17, 15) is 8.42 Å². The maximum atomic E-state index is 11.7. The van der Waals surface area contributed by atoms with Crippen LogP contribution in [0, 0.1) is 0 Å². The van der Waals surface area contributed by atoms with Gasteiger partial charge in [-0.05, 0) is 35.0 Å².